The minimum Gasteiger partial charge on any atom is -0.330 e. The van der Waals surface area contributed by atoms with E-state index < -0.39 is 0 Å². The summed E-state index contributed by atoms with van der Waals surface area (Å²) in [7, 11) is 0. The smallest absolute Gasteiger partial charge is 0.155 e. The van der Waals surface area contributed by atoms with Gasteiger partial charge < -0.3 is 11.1 Å². The number of aromatic nitrogens is 3. The highest BCUT2D eigenvalue weighted by molar-refractivity contribution is 9.10. The van der Waals surface area contributed by atoms with Crippen molar-refractivity contribution >= 4 is 21.6 Å². The van der Waals surface area contributed by atoms with Crippen molar-refractivity contribution in [2.75, 3.05) is 13.1 Å². The first-order valence-electron chi connectivity index (χ1n) is 5.19. The topological polar surface area (TPSA) is 68.2 Å². The summed E-state index contributed by atoms with van der Waals surface area (Å²) in [6.45, 7) is 2.43. The molecule has 2 rings (SSSR count). The van der Waals surface area contributed by atoms with Crippen LogP contribution in [0.15, 0.2) is 23.2 Å². The number of nitrogens with zero attached hydrogens (tertiary/aromatic N) is 3. The van der Waals surface area contributed by atoms with E-state index in [2.05, 4.69) is 31.2 Å². The van der Waals surface area contributed by atoms with Crippen LogP contribution < -0.4 is 11.1 Å². The first-order chi connectivity index (χ1) is 7.81. The van der Waals surface area contributed by atoms with E-state index >= 15 is 0 Å². The highest BCUT2D eigenvalue weighted by Crippen LogP contribution is 2.10. The number of hydrogen-bond acceptors (Lipinski definition) is 4. The highest BCUT2D eigenvalue weighted by atomic mass is 79.9. The Morgan fingerprint density at radius 1 is 1.38 bits per heavy atom. The van der Waals surface area contributed by atoms with Crippen molar-refractivity contribution in [2.45, 2.75) is 13.0 Å². The van der Waals surface area contributed by atoms with E-state index in [9.17, 15) is 0 Å². The van der Waals surface area contributed by atoms with Crippen LogP contribution in [0.25, 0.3) is 5.65 Å². The van der Waals surface area contributed by atoms with Crippen molar-refractivity contribution < 1.29 is 0 Å². The van der Waals surface area contributed by atoms with Gasteiger partial charge in [0.25, 0.3) is 0 Å². The van der Waals surface area contributed by atoms with Crippen molar-refractivity contribution in [3.8, 4) is 0 Å². The zero-order chi connectivity index (χ0) is 11.4. The number of fused-ring (bicyclic) bond motifs is 1. The van der Waals surface area contributed by atoms with Crippen molar-refractivity contribution in [2.24, 2.45) is 5.73 Å². The largest absolute Gasteiger partial charge is 0.330 e. The maximum absolute atomic E-state index is 5.43. The van der Waals surface area contributed by atoms with Gasteiger partial charge in [0.15, 0.2) is 5.65 Å². The molecule has 0 bridgehead atoms. The van der Waals surface area contributed by atoms with Crippen LogP contribution in [0, 0.1) is 0 Å². The summed E-state index contributed by atoms with van der Waals surface area (Å²) in [6, 6.07) is 0. The van der Waals surface area contributed by atoms with Crippen LogP contribution in [0.3, 0.4) is 0 Å². The van der Waals surface area contributed by atoms with E-state index in [4.69, 9.17) is 5.73 Å². The zero-order valence-electron chi connectivity index (χ0n) is 8.86. The van der Waals surface area contributed by atoms with Crippen LogP contribution in [-0.4, -0.2) is 27.5 Å². The lowest BCUT2D eigenvalue weighted by Gasteiger charge is -2.03. The summed E-state index contributed by atoms with van der Waals surface area (Å²) in [5.74, 6) is 0. The fourth-order valence-corrected chi connectivity index (χ4v) is 1.80. The first-order valence-corrected chi connectivity index (χ1v) is 5.99. The van der Waals surface area contributed by atoms with Gasteiger partial charge in [-0.2, -0.15) is 0 Å². The quantitative estimate of drug-likeness (QED) is 0.801. The second kappa shape index (κ2) is 5.38. The summed E-state index contributed by atoms with van der Waals surface area (Å²) in [4.78, 5) is 8.40. The minimum absolute atomic E-state index is 0.718. The SMILES string of the molecule is NCCCNCc1cnc2cnc(Br)cn12. The molecule has 0 spiro atoms. The Bertz CT molecular complexity index is 467. The lowest BCUT2D eigenvalue weighted by atomic mass is 10.4. The van der Waals surface area contributed by atoms with Gasteiger partial charge in [-0.05, 0) is 35.4 Å². The van der Waals surface area contributed by atoms with Gasteiger partial charge in [-0.25, -0.2) is 9.97 Å². The molecule has 0 unspecified atom stereocenters. The molecule has 0 aliphatic heterocycles. The molecule has 0 aliphatic rings. The summed E-state index contributed by atoms with van der Waals surface area (Å²) < 4.78 is 2.83. The van der Waals surface area contributed by atoms with Gasteiger partial charge in [0, 0.05) is 12.7 Å². The molecule has 5 nitrogen and oxygen atoms in total. The van der Waals surface area contributed by atoms with E-state index in [-0.39, 0.29) is 0 Å². The molecule has 2 heterocycles. The number of hydrogen-bond donors (Lipinski definition) is 2. The average Bonchev–Trinajstić information content (AvgIpc) is 2.67. The van der Waals surface area contributed by atoms with Crippen molar-refractivity contribution in [1.82, 2.24) is 19.7 Å². The predicted octanol–water partition coefficient (Wildman–Crippen LogP) is 0.930. The lowest BCUT2D eigenvalue weighted by molar-refractivity contribution is 0.643. The third kappa shape index (κ3) is 2.58. The third-order valence-electron chi connectivity index (χ3n) is 2.30. The van der Waals surface area contributed by atoms with E-state index in [0.29, 0.717) is 0 Å². The maximum atomic E-state index is 5.43. The Labute approximate surface area is 102 Å². The fourth-order valence-electron chi connectivity index (χ4n) is 1.49. The molecule has 0 aromatic carbocycles. The molecule has 2 aromatic heterocycles. The van der Waals surface area contributed by atoms with E-state index in [0.717, 1.165) is 42.0 Å². The number of rotatable bonds is 5. The van der Waals surface area contributed by atoms with Gasteiger partial charge in [-0.15, -0.1) is 0 Å². The molecule has 0 saturated carbocycles. The molecular formula is C10H14BrN5. The molecule has 0 radical (unpaired) electrons. The Balaban J connectivity index is 2.09. The molecule has 16 heavy (non-hydrogen) atoms. The summed E-state index contributed by atoms with van der Waals surface area (Å²) in [5, 5.41) is 3.32. The van der Waals surface area contributed by atoms with Crippen LogP contribution >= 0.6 is 15.9 Å². The van der Waals surface area contributed by atoms with E-state index in [1.54, 1.807) is 6.20 Å². The van der Waals surface area contributed by atoms with Crippen LogP contribution in [0.5, 0.6) is 0 Å². The highest BCUT2D eigenvalue weighted by Gasteiger charge is 2.03. The zero-order valence-corrected chi connectivity index (χ0v) is 10.4. The maximum Gasteiger partial charge on any atom is 0.155 e. The Kier molecular flexibility index (Phi) is 3.87. The molecule has 0 aliphatic carbocycles. The van der Waals surface area contributed by atoms with Gasteiger partial charge in [0.05, 0.1) is 18.1 Å². The Hall–Kier alpha value is -0.980. The number of halogens is 1. The van der Waals surface area contributed by atoms with E-state index in [1.807, 2.05) is 16.8 Å². The second-order valence-electron chi connectivity index (χ2n) is 3.51. The van der Waals surface area contributed by atoms with Crippen LogP contribution in [-0.2, 0) is 6.54 Å². The summed E-state index contributed by atoms with van der Waals surface area (Å²) >= 11 is 3.35. The van der Waals surface area contributed by atoms with Gasteiger partial charge in [-0.3, -0.25) is 4.40 Å². The standard InChI is InChI=1S/C10H14BrN5/c11-9-7-16-8(4-13-3-1-2-12)5-15-10(16)6-14-9/h5-7,13H,1-4,12H2. The first kappa shape index (κ1) is 11.5. The van der Waals surface area contributed by atoms with Gasteiger partial charge >= 0.3 is 0 Å². The second-order valence-corrected chi connectivity index (χ2v) is 4.32. The number of imidazole rings is 1. The Morgan fingerprint density at radius 2 is 2.25 bits per heavy atom. The fraction of sp³-hybridized carbons (Fsp3) is 0.400. The molecule has 86 valence electrons. The lowest BCUT2D eigenvalue weighted by Crippen LogP contribution is -2.18. The molecule has 6 heteroatoms. The molecule has 0 fully saturated rings. The van der Waals surface area contributed by atoms with Gasteiger partial charge in [-0.1, -0.05) is 0 Å². The monoisotopic (exact) mass is 283 g/mol. The molecule has 2 aromatic rings. The van der Waals surface area contributed by atoms with Gasteiger partial charge in [0.2, 0.25) is 0 Å². The number of nitrogens with one attached hydrogen (secondary N) is 1. The van der Waals surface area contributed by atoms with Crippen molar-refractivity contribution in [1.29, 1.82) is 0 Å². The van der Waals surface area contributed by atoms with Crippen molar-refractivity contribution in [3.05, 3.63) is 28.9 Å². The molecule has 0 atom stereocenters. The predicted molar refractivity (Wildman–Crippen MR) is 66.1 cm³/mol. The van der Waals surface area contributed by atoms with Crippen LogP contribution in [0.4, 0.5) is 0 Å². The van der Waals surface area contributed by atoms with E-state index in [1.165, 1.54) is 0 Å². The molecule has 0 saturated heterocycles. The molecule has 3 N–H and O–H groups in total. The Morgan fingerprint density at radius 3 is 3.06 bits per heavy atom. The average molecular weight is 284 g/mol. The molecule has 0 amide bonds. The third-order valence-corrected chi connectivity index (χ3v) is 2.71. The van der Waals surface area contributed by atoms with Crippen LogP contribution in [0.2, 0.25) is 0 Å². The normalized spacial score (nSPS) is 11.1. The summed E-state index contributed by atoms with van der Waals surface area (Å²) in [5.41, 5.74) is 7.41. The minimum atomic E-state index is 0.718. The summed E-state index contributed by atoms with van der Waals surface area (Å²) in [6.07, 6.45) is 6.51. The number of nitrogens with two attached hydrogens (primary N) is 1. The van der Waals surface area contributed by atoms with Crippen molar-refractivity contribution in [3.63, 3.8) is 0 Å². The van der Waals surface area contributed by atoms with Crippen LogP contribution in [0.1, 0.15) is 12.1 Å². The molecular weight excluding hydrogens is 270 g/mol. The van der Waals surface area contributed by atoms with Gasteiger partial charge in [0.1, 0.15) is 4.60 Å².